The first-order chi connectivity index (χ1) is 11.3. The van der Waals surface area contributed by atoms with E-state index in [2.05, 4.69) is 23.7 Å². The van der Waals surface area contributed by atoms with E-state index in [0.29, 0.717) is 5.69 Å². The molecule has 1 aromatic rings. The monoisotopic (exact) mass is 345 g/mol. The third-order valence-electron chi connectivity index (χ3n) is 3.12. The van der Waals surface area contributed by atoms with Crippen LogP contribution in [0.1, 0.15) is 39.5 Å². The Morgan fingerprint density at radius 1 is 1.12 bits per heavy atom. The van der Waals surface area contributed by atoms with Crippen molar-refractivity contribution in [2.45, 2.75) is 45.7 Å². The largest absolute Gasteiger partial charge is 0.542 e. The number of carboxylic acids is 1. The molecule has 0 spiro atoms. The van der Waals surface area contributed by atoms with Gasteiger partial charge in [0.2, 0.25) is 5.39 Å². The second-order valence-corrected chi connectivity index (χ2v) is 5.10. The van der Waals surface area contributed by atoms with Crippen LogP contribution in [0.4, 0.5) is 24.5 Å². The number of carbonyl (C=O) groups is 1. The van der Waals surface area contributed by atoms with Crippen molar-refractivity contribution in [2.24, 2.45) is 0 Å². The van der Waals surface area contributed by atoms with E-state index in [1.807, 2.05) is 24.3 Å². The van der Waals surface area contributed by atoms with Crippen molar-refractivity contribution in [1.82, 2.24) is 0 Å². The zero-order valence-electron chi connectivity index (χ0n) is 13.8. The highest BCUT2D eigenvalue weighted by Crippen LogP contribution is 2.20. The van der Waals surface area contributed by atoms with E-state index in [4.69, 9.17) is 15.3 Å². The molecule has 0 saturated heterocycles. The summed E-state index contributed by atoms with van der Waals surface area (Å²) in [5.74, 6) is -3.01. The van der Waals surface area contributed by atoms with Crippen LogP contribution in [0.15, 0.2) is 24.3 Å². The highest BCUT2D eigenvalue weighted by Gasteiger charge is 2.28. The number of unbranched alkanes of at least 4 members (excludes halogenated alkanes) is 2. The lowest BCUT2D eigenvalue weighted by Crippen LogP contribution is -2.37. The molecule has 8 heteroatoms. The average Bonchev–Trinajstić information content (AvgIpc) is 2.55. The number of carbonyl (C=O) groups excluding carboxylic acids is 1. The summed E-state index contributed by atoms with van der Waals surface area (Å²) in [6.45, 7) is 6.63. The molecule has 0 radical (unpaired) electrons. The molecule has 0 heterocycles. The van der Waals surface area contributed by atoms with Gasteiger partial charge in [0.25, 0.3) is 0 Å². The molecule has 0 aromatic heterocycles. The van der Waals surface area contributed by atoms with E-state index in [1.54, 1.807) is 0 Å². The van der Waals surface area contributed by atoms with Crippen LogP contribution in [0.5, 0.6) is 0 Å². The lowest BCUT2D eigenvalue weighted by molar-refractivity contribution is -0.344. The van der Waals surface area contributed by atoms with E-state index < -0.39 is 12.1 Å². The van der Waals surface area contributed by atoms with Gasteiger partial charge in [-0.05, 0) is 25.0 Å². The van der Waals surface area contributed by atoms with Gasteiger partial charge >= 0.3 is 11.9 Å². The minimum absolute atomic E-state index is 0.611. The molecule has 0 amide bonds. The van der Waals surface area contributed by atoms with Gasteiger partial charge < -0.3 is 14.8 Å². The first kappa shape index (κ1) is 21.7. The number of carboxylic acid groups (broad SMARTS) is 1. The Morgan fingerprint density at radius 3 is 1.83 bits per heavy atom. The van der Waals surface area contributed by atoms with Gasteiger partial charge in [0.15, 0.2) is 4.98 Å². The van der Waals surface area contributed by atoms with E-state index in [-0.39, 0.29) is 0 Å². The normalized spacial score (nSPS) is 10.3. The number of benzene rings is 1. The maximum absolute atomic E-state index is 10.5. The molecule has 1 aromatic carbocycles. The quantitative estimate of drug-likeness (QED) is 0.703. The summed E-state index contributed by atoms with van der Waals surface area (Å²) in [5.41, 5.74) is 1.83. The van der Waals surface area contributed by atoms with Crippen LogP contribution in [0.3, 0.4) is 0 Å². The minimum atomic E-state index is -5.19. The summed E-state index contributed by atoms with van der Waals surface area (Å²) >= 11 is 0. The molecular formula is C16H22F3N3O2. The molecule has 5 nitrogen and oxygen atoms in total. The van der Waals surface area contributed by atoms with Crippen LogP contribution in [0, 0.1) is 5.39 Å². The highest BCUT2D eigenvalue weighted by atomic mass is 19.4. The molecule has 134 valence electrons. The zero-order valence-corrected chi connectivity index (χ0v) is 13.8. The molecular weight excluding hydrogens is 323 g/mol. The summed E-state index contributed by atoms with van der Waals surface area (Å²) in [6, 6.07) is 7.75. The molecule has 0 saturated carbocycles. The Hall–Kier alpha value is -2.30. The van der Waals surface area contributed by atoms with Crippen LogP contribution < -0.4 is 10.0 Å². The molecule has 0 aliphatic heterocycles. The van der Waals surface area contributed by atoms with Crippen molar-refractivity contribution in [1.29, 1.82) is 5.39 Å². The third-order valence-corrected chi connectivity index (χ3v) is 3.12. The predicted molar refractivity (Wildman–Crippen MR) is 84.3 cm³/mol. The molecule has 0 N–H and O–H groups in total. The maximum Gasteiger partial charge on any atom is 0.430 e. The first-order valence-corrected chi connectivity index (χ1v) is 7.74. The van der Waals surface area contributed by atoms with Crippen molar-refractivity contribution in [3.63, 3.8) is 0 Å². The van der Waals surface area contributed by atoms with E-state index in [9.17, 15) is 13.2 Å². The molecule has 0 aliphatic rings. The molecule has 1 rings (SSSR count). The van der Waals surface area contributed by atoms with Crippen molar-refractivity contribution >= 4 is 17.3 Å². The SMILES string of the molecule is CCCCN(CCCC)c1ccc([N+]#N)cc1.O=C([O-])C(F)(F)F. The number of anilines is 1. The van der Waals surface area contributed by atoms with Gasteiger partial charge in [-0.15, -0.1) is 0 Å². The number of halogens is 3. The van der Waals surface area contributed by atoms with Crippen molar-refractivity contribution in [3.05, 3.63) is 29.2 Å². The van der Waals surface area contributed by atoms with Gasteiger partial charge in [-0.1, -0.05) is 26.7 Å². The predicted octanol–water partition coefficient (Wildman–Crippen LogP) is 3.88. The number of aliphatic carboxylic acids is 1. The Bertz CT molecular complexity index is 517. The molecule has 0 unspecified atom stereocenters. The zero-order chi connectivity index (χ0) is 18.6. The first-order valence-electron chi connectivity index (χ1n) is 7.74. The van der Waals surface area contributed by atoms with Crippen molar-refractivity contribution < 1.29 is 23.1 Å². The van der Waals surface area contributed by atoms with E-state index in [0.717, 1.165) is 13.1 Å². The van der Waals surface area contributed by atoms with E-state index in [1.165, 1.54) is 31.4 Å². The standard InChI is InChI=1S/C14H22N3.C2HF3O2/c1-3-5-11-17(12-6-4-2)14-9-7-13(16-15)8-10-14;3-2(4,5)1(6)7/h7-10H,3-6,11-12H2,1-2H3;(H,6,7)/q+1;/p-1. The van der Waals surface area contributed by atoms with Gasteiger partial charge in [0.1, 0.15) is 5.97 Å². The topological polar surface area (TPSA) is 71.5 Å². The molecule has 24 heavy (non-hydrogen) atoms. The fourth-order valence-corrected chi connectivity index (χ4v) is 1.80. The maximum atomic E-state index is 10.5. The number of alkyl halides is 3. The van der Waals surface area contributed by atoms with Crippen molar-refractivity contribution in [2.75, 3.05) is 18.0 Å². The van der Waals surface area contributed by atoms with Crippen LogP contribution >= 0.6 is 0 Å². The molecule has 0 aliphatic carbocycles. The Morgan fingerprint density at radius 2 is 1.54 bits per heavy atom. The molecule has 0 fully saturated rings. The van der Waals surface area contributed by atoms with Gasteiger partial charge in [0.05, 0.1) is 0 Å². The number of hydrogen-bond donors (Lipinski definition) is 0. The smallest absolute Gasteiger partial charge is 0.430 e. The number of nitrogens with zero attached hydrogens (tertiary/aromatic N) is 3. The summed E-state index contributed by atoms with van der Waals surface area (Å²) in [6.07, 6.45) is -0.328. The van der Waals surface area contributed by atoms with Gasteiger partial charge in [-0.25, -0.2) is 0 Å². The summed E-state index contributed by atoms with van der Waals surface area (Å²) in [5, 5.41) is 17.4. The van der Waals surface area contributed by atoms with E-state index >= 15 is 0 Å². The fraction of sp³-hybridized carbons (Fsp3) is 0.562. The van der Waals surface area contributed by atoms with Crippen LogP contribution in [-0.4, -0.2) is 25.2 Å². The Labute approximate surface area is 139 Å². The van der Waals surface area contributed by atoms with Gasteiger partial charge in [-0.3, -0.25) is 0 Å². The average molecular weight is 345 g/mol. The van der Waals surface area contributed by atoms with Crippen LogP contribution in [-0.2, 0) is 4.79 Å². The second-order valence-electron chi connectivity index (χ2n) is 5.10. The lowest BCUT2D eigenvalue weighted by atomic mass is 10.2. The van der Waals surface area contributed by atoms with Crippen molar-refractivity contribution in [3.8, 4) is 0 Å². The van der Waals surface area contributed by atoms with Crippen LogP contribution in [0.2, 0.25) is 0 Å². The summed E-state index contributed by atoms with van der Waals surface area (Å²) in [4.78, 5) is 14.4. The summed E-state index contributed by atoms with van der Waals surface area (Å²) < 4.78 is 31.5. The molecule has 0 bridgehead atoms. The van der Waals surface area contributed by atoms with Gasteiger partial charge in [0, 0.05) is 30.9 Å². The lowest BCUT2D eigenvalue weighted by Gasteiger charge is -2.24. The molecule has 0 atom stereocenters. The van der Waals surface area contributed by atoms with Crippen LogP contribution in [0.25, 0.3) is 4.98 Å². The number of hydrogen-bond acceptors (Lipinski definition) is 4. The highest BCUT2D eigenvalue weighted by molar-refractivity contribution is 5.70. The Balaban J connectivity index is 0.000000640. The fourth-order valence-electron chi connectivity index (χ4n) is 1.80. The number of diazo groups is 1. The summed E-state index contributed by atoms with van der Waals surface area (Å²) in [7, 11) is 0. The van der Waals surface area contributed by atoms with Gasteiger partial charge in [-0.2, -0.15) is 13.2 Å². The Kier molecular flexibility index (Phi) is 10.2. The third kappa shape index (κ3) is 8.98. The second kappa shape index (κ2) is 11.3. The number of rotatable bonds is 7. The minimum Gasteiger partial charge on any atom is -0.542 e.